The van der Waals surface area contributed by atoms with Gasteiger partial charge in [-0.3, -0.25) is 9.98 Å². The van der Waals surface area contributed by atoms with Crippen LogP contribution in [-0.4, -0.2) is 31.4 Å². The van der Waals surface area contributed by atoms with Crippen LogP contribution in [0.5, 0.6) is 0 Å². The first-order valence-corrected chi connectivity index (χ1v) is 11.2. The number of hydrogen-bond donors (Lipinski definition) is 0. The predicted molar refractivity (Wildman–Crippen MR) is 121 cm³/mol. The summed E-state index contributed by atoms with van der Waals surface area (Å²) in [5.74, 6) is 0. The van der Waals surface area contributed by atoms with E-state index >= 15 is 0 Å². The maximum Gasteiger partial charge on any atom is 0.160 e. The largest absolute Gasteiger partial charge is 0.341 e. The molecule has 1 fully saturated rings. The molecule has 3 atom stereocenters. The highest BCUT2D eigenvalue weighted by Crippen LogP contribution is 2.49. The fourth-order valence-corrected chi connectivity index (χ4v) is 5.86. The monoisotopic (exact) mass is 422 g/mol. The summed E-state index contributed by atoms with van der Waals surface area (Å²) >= 11 is 8.41. The lowest BCUT2D eigenvalue weighted by molar-refractivity contribution is 0.320. The number of amidine groups is 1. The molecule has 1 saturated heterocycles. The first kappa shape index (κ1) is 18.8. The summed E-state index contributed by atoms with van der Waals surface area (Å²) in [7, 11) is 0. The molecule has 2 aliphatic rings. The molecule has 0 spiro atoms. The summed E-state index contributed by atoms with van der Waals surface area (Å²) < 4.78 is 2.26. The number of para-hydroxylation sites is 1. The number of fused-ring (bicyclic) bond motifs is 1. The Morgan fingerprint density at radius 2 is 1.90 bits per heavy atom. The second kappa shape index (κ2) is 7.22. The zero-order valence-corrected chi connectivity index (χ0v) is 18.3. The van der Waals surface area contributed by atoms with Crippen LogP contribution < -0.4 is 0 Å². The smallest absolute Gasteiger partial charge is 0.160 e. The van der Waals surface area contributed by atoms with E-state index in [1.165, 1.54) is 17.0 Å². The second-order valence-corrected chi connectivity index (χ2v) is 9.56. The van der Waals surface area contributed by atoms with Gasteiger partial charge >= 0.3 is 0 Å². The van der Waals surface area contributed by atoms with Gasteiger partial charge in [0.05, 0.1) is 22.4 Å². The molecule has 4 nitrogen and oxygen atoms in total. The number of nitrogens with zero attached hydrogens (tertiary/aromatic N) is 4. The molecular weight excluding hydrogens is 400 g/mol. The van der Waals surface area contributed by atoms with Crippen LogP contribution in [0, 0.1) is 13.8 Å². The molecule has 0 radical (unpaired) electrons. The minimum Gasteiger partial charge on any atom is -0.341 e. The molecule has 0 bridgehead atoms. The maximum atomic E-state index is 6.54. The lowest BCUT2D eigenvalue weighted by atomic mass is 9.96. The summed E-state index contributed by atoms with van der Waals surface area (Å²) in [5, 5.41) is 2.45. The van der Waals surface area contributed by atoms with Gasteiger partial charge in [0.1, 0.15) is 6.04 Å². The quantitative estimate of drug-likeness (QED) is 0.540. The molecule has 0 aliphatic carbocycles. The Kier molecular flexibility index (Phi) is 4.67. The molecule has 5 rings (SSSR count). The van der Waals surface area contributed by atoms with E-state index < -0.39 is 0 Å². The minimum atomic E-state index is 0.00592. The van der Waals surface area contributed by atoms with E-state index in [0.717, 1.165) is 28.1 Å². The number of benzene rings is 1. The van der Waals surface area contributed by atoms with Crippen LogP contribution in [0.1, 0.15) is 41.7 Å². The van der Waals surface area contributed by atoms with E-state index in [1.807, 2.05) is 48.3 Å². The van der Waals surface area contributed by atoms with Gasteiger partial charge in [-0.25, -0.2) is 0 Å². The van der Waals surface area contributed by atoms with Crippen molar-refractivity contribution in [2.75, 3.05) is 6.54 Å². The maximum absolute atomic E-state index is 6.54. The van der Waals surface area contributed by atoms with E-state index in [0.29, 0.717) is 5.25 Å². The Labute approximate surface area is 180 Å². The Hall–Kier alpha value is -2.24. The van der Waals surface area contributed by atoms with Crippen LogP contribution in [0.25, 0.3) is 5.69 Å². The summed E-state index contributed by atoms with van der Waals surface area (Å²) in [6.45, 7) is 7.61. The number of aromatic nitrogens is 2. The highest BCUT2D eigenvalue weighted by molar-refractivity contribution is 8.14. The Morgan fingerprint density at radius 1 is 1.10 bits per heavy atom. The van der Waals surface area contributed by atoms with E-state index in [2.05, 4.69) is 53.4 Å². The third-order valence-corrected chi connectivity index (χ3v) is 7.19. The highest BCUT2D eigenvalue weighted by atomic mass is 35.5. The molecule has 0 amide bonds. The summed E-state index contributed by atoms with van der Waals surface area (Å²) in [6, 6.07) is 16.6. The number of hydrogen-bond acceptors (Lipinski definition) is 4. The van der Waals surface area contributed by atoms with Gasteiger partial charge in [0.15, 0.2) is 5.17 Å². The molecule has 0 unspecified atom stereocenters. The van der Waals surface area contributed by atoms with Gasteiger partial charge in [-0.1, -0.05) is 48.5 Å². The zero-order valence-electron chi connectivity index (χ0n) is 16.7. The number of aliphatic imine (C=N–C) groups is 1. The van der Waals surface area contributed by atoms with Crippen molar-refractivity contribution in [2.24, 2.45) is 4.99 Å². The highest BCUT2D eigenvalue weighted by Gasteiger charge is 2.44. The molecule has 29 heavy (non-hydrogen) atoms. The van der Waals surface area contributed by atoms with Crippen LogP contribution in [0.2, 0.25) is 5.02 Å². The molecule has 0 saturated carbocycles. The average molecular weight is 423 g/mol. The van der Waals surface area contributed by atoms with E-state index in [-0.39, 0.29) is 12.1 Å². The van der Waals surface area contributed by atoms with Gasteiger partial charge in [-0.15, -0.1) is 0 Å². The molecule has 4 heterocycles. The standard InChI is InChI=1S/C23H23ClN4S/c1-14-12-17(16(3)28(14)20-10-5-4-8-18(20)24)22-21(19-9-6-7-11-25-19)26-23-27(22)13-15(2)29-23/h4-12,15,21-22H,13H2,1-3H3/t15-,21-,22-/m1/s1. The summed E-state index contributed by atoms with van der Waals surface area (Å²) in [5.41, 5.74) is 5.73. The van der Waals surface area contributed by atoms with Gasteiger partial charge in [-0.05, 0) is 49.7 Å². The Balaban J connectivity index is 1.64. The number of rotatable bonds is 3. The van der Waals surface area contributed by atoms with E-state index in [9.17, 15) is 0 Å². The van der Waals surface area contributed by atoms with Crippen molar-refractivity contribution >= 4 is 28.5 Å². The lowest BCUT2D eigenvalue weighted by Gasteiger charge is -2.27. The zero-order chi connectivity index (χ0) is 20.1. The van der Waals surface area contributed by atoms with Gasteiger partial charge in [-0.2, -0.15) is 0 Å². The van der Waals surface area contributed by atoms with Gasteiger partial charge < -0.3 is 9.47 Å². The van der Waals surface area contributed by atoms with Crippen molar-refractivity contribution in [3.8, 4) is 5.69 Å². The molecule has 0 N–H and O–H groups in total. The van der Waals surface area contributed by atoms with E-state index in [4.69, 9.17) is 16.6 Å². The van der Waals surface area contributed by atoms with Crippen molar-refractivity contribution in [1.29, 1.82) is 0 Å². The van der Waals surface area contributed by atoms with Gasteiger partial charge in [0.2, 0.25) is 0 Å². The van der Waals surface area contributed by atoms with Crippen LogP contribution in [0.15, 0.2) is 59.7 Å². The number of halogens is 1. The third-order valence-electron chi connectivity index (χ3n) is 5.76. The Morgan fingerprint density at radius 3 is 2.66 bits per heavy atom. The Bertz CT molecular complexity index is 1090. The first-order chi connectivity index (χ1) is 14.0. The summed E-state index contributed by atoms with van der Waals surface area (Å²) in [4.78, 5) is 12.2. The molecule has 2 aliphatic heterocycles. The van der Waals surface area contributed by atoms with E-state index in [1.54, 1.807) is 0 Å². The molecule has 6 heteroatoms. The van der Waals surface area contributed by atoms with Crippen molar-refractivity contribution in [3.63, 3.8) is 0 Å². The number of pyridine rings is 1. The fourth-order valence-electron chi connectivity index (χ4n) is 4.54. The van der Waals surface area contributed by atoms with Crippen molar-refractivity contribution in [2.45, 2.75) is 38.1 Å². The van der Waals surface area contributed by atoms with Crippen molar-refractivity contribution in [1.82, 2.24) is 14.5 Å². The number of aryl methyl sites for hydroxylation is 1. The number of thioether (sulfide) groups is 1. The summed E-state index contributed by atoms with van der Waals surface area (Å²) in [6.07, 6.45) is 1.86. The average Bonchev–Trinajstić information content (AvgIpc) is 3.33. The molecule has 1 aromatic carbocycles. The van der Waals surface area contributed by atoms with Crippen molar-refractivity contribution in [3.05, 3.63) is 82.4 Å². The third kappa shape index (κ3) is 3.08. The minimum absolute atomic E-state index is 0.00592. The molecular formula is C23H23ClN4S. The molecule has 2 aromatic heterocycles. The van der Waals surface area contributed by atoms with Crippen LogP contribution in [0.4, 0.5) is 0 Å². The van der Waals surface area contributed by atoms with Gasteiger partial charge in [0.25, 0.3) is 0 Å². The molecule has 148 valence electrons. The topological polar surface area (TPSA) is 33.4 Å². The molecule has 3 aromatic rings. The van der Waals surface area contributed by atoms with Crippen LogP contribution >= 0.6 is 23.4 Å². The van der Waals surface area contributed by atoms with Crippen LogP contribution in [0.3, 0.4) is 0 Å². The van der Waals surface area contributed by atoms with Crippen LogP contribution in [-0.2, 0) is 0 Å². The van der Waals surface area contributed by atoms with Gasteiger partial charge in [0, 0.05) is 29.4 Å². The lowest BCUT2D eigenvalue weighted by Crippen LogP contribution is -2.28. The SMILES string of the molecule is Cc1cc([C@@H]2[C@@H](c3ccccn3)N=C3S[C@H](C)CN32)c(C)n1-c1ccccc1Cl. The first-order valence-electron chi connectivity index (χ1n) is 9.90. The predicted octanol–water partition coefficient (Wildman–Crippen LogP) is 5.73. The normalized spacial score (nSPS) is 23.4. The second-order valence-electron chi connectivity index (χ2n) is 7.75. The fraction of sp³-hybridized carbons (Fsp3) is 0.304. The van der Waals surface area contributed by atoms with Crippen molar-refractivity contribution < 1.29 is 0 Å².